The monoisotopic (exact) mass is 281 g/mol. The zero-order chi connectivity index (χ0) is 14.6. The second kappa shape index (κ2) is 10.5. The van der Waals surface area contributed by atoms with E-state index in [-0.39, 0.29) is 0 Å². The van der Waals surface area contributed by atoms with Crippen molar-refractivity contribution in [3.63, 3.8) is 0 Å². The molecule has 20 heavy (non-hydrogen) atoms. The van der Waals surface area contributed by atoms with Gasteiger partial charge in [-0.3, -0.25) is 0 Å². The van der Waals surface area contributed by atoms with Crippen LogP contribution in [-0.4, -0.2) is 34.0 Å². The summed E-state index contributed by atoms with van der Waals surface area (Å²) in [5.41, 5.74) is 1.11. The molecule has 0 fully saturated rings. The lowest BCUT2D eigenvalue weighted by Crippen LogP contribution is -2.17. The molecular formula is C16H27NO3. The third-order valence-corrected chi connectivity index (χ3v) is 3.08. The Morgan fingerprint density at radius 1 is 1.05 bits per heavy atom. The molecule has 4 heteroatoms. The van der Waals surface area contributed by atoms with Crippen LogP contribution in [0.3, 0.4) is 0 Å². The Kier molecular flexibility index (Phi) is 8.83. The van der Waals surface area contributed by atoms with Gasteiger partial charge >= 0.3 is 0 Å². The summed E-state index contributed by atoms with van der Waals surface area (Å²) >= 11 is 0. The van der Waals surface area contributed by atoms with Gasteiger partial charge in [0, 0.05) is 25.3 Å². The summed E-state index contributed by atoms with van der Waals surface area (Å²) in [4.78, 5) is 0. The number of hydrogen-bond donors (Lipinski definition) is 1. The second-order valence-electron chi connectivity index (χ2n) is 4.65. The van der Waals surface area contributed by atoms with Crippen molar-refractivity contribution in [1.82, 2.24) is 5.32 Å². The van der Waals surface area contributed by atoms with Crippen molar-refractivity contribution in [1.29, 1.82) is 0 Å². The summed E-state index contributed by atoms with van der Waals surface area (Å²) in [5, 5.41) is 3.40. The second-order valence-corrected chi connectivity index (χ2v) is 4.65. The van der Waals surface area contributed by atoms with E-state index in [0.29, 0.717) is 0 Å². The Balaban J connectivity index is 2.25. The molecule has 0 unspecified atom stereocenters. The van der Waals surface area contributed by atoms with Crippen LogP contribution in [0.4, 0.5) is 0 Å². The lowest BCUT2D eigenvalue weighted by molar-refractivity contribution is 0.128. The topological polar surface area (TPSA) is 39.7 Å². The molecule has 0 aliphatic heterocycles. The maximum atomic E-state index is 5.52. The fourth-order valence-corrected chi connectivity index (χ4v) is 1.96. The molecule has 0 saturated carbocycles. The van der Waals surface area contributed by atoms with Crippen molar-refractivity contribution in [2.24, 2.45) is 0 Å². The molecule has 4 nitrogen and oxygen atoms in total. The highest BCUT2D eigenvalue weighted by Gasteiger charge is 2.08. The van der Waals surface area contributed by atoms with E-state index in [4.69, 9.17) is 14.2 Å². The number of unbranched alkanes of at least 4 members (excludes halogenated alkanes) is 1. The fourth-order valence-electron chi connectivity index (χ4n) is 1.96. The first kappa shape index (κ1) is 16.8. The number of rotatable bonds is 11. The van der Waals surface area contributed by atoms with Gasteiger partial charge in [-0.05, 0) is 25.5 Å². The Morgan fingerprint density at radius 2 is 1.85 bits per heavy atom. The summed E-state index contributed by atoms with van der Waals surface area (Å²) in [6.45, 7) is 5.58. The Bertz CT molecular complexity index is 369. The Labute approximate surface area is 122 Å². The SMILES string of the molecule is CCCCOCCCNCc1cccc(OC)c1OC. The first-order chi connectivity index (χ1) is 9.83. The van der Waals surface area contributed by atoms with Crippen LogP contribution in [0.1, 0.15) is 31.7 Å². The van der Waals surface area contributed by atoms with Crippen LogP contribution in [0.15, 0.2) is 18.2 Å². The van der Waals surface area contributed by atoms with Gasteiger partial charge in [-0.1, -0.05) is 25.5 Å². The van der Waals surface area contributed by atoms with Crippen LogP contribution in [0, 0.1) is 0 Å². The molecule has 0 spiro atoms. The van der Waals surface area contributed by atoms with E-state index in [9.17, 15) is 0 Å². The van der Waals surface area contributed by atoms with Gasteiger partial charge in [0.15, 0.2) is 11.5 Å². The quantitative estimate of drug-likeness (QED) is 0.633. The molecular weight excluding hydrogens is 254 g/mol. The highest BCUT2D eigenvalue weighted by molar-refractivity contribution is 5.46. The highest BCUT2D eigenvalue weighted by Crippen LogP contribution is 2.30. The normalized spacial score (nSPS) is 10.6. The molecule has 1 N–H and O–H groups in total. The number of methoxy groups -OCH3 is 2. The van der Waals surface area contributed by atoms with Gasteiger partial charge < -0.3 is 19.5 Å². The third kappa shape index (κ3) is 5.80. The molecule has 0 saturated heterocycles. The van der Waals surface area contributed by atoms with Crippen molar-refractivity contribution in [3.8, 4) is 11.5 Å². The largest absolute Gasteiger partial charge is 0.493 e. The minimum Gasteiger partial charge on any atom is -0.493 e. The summed E-state index contributed by atoms with van der Waals surface area (Å²) in [5.74, 6) is 1.58. The number of nitrogens with one attached hydrogen (secondary N) is 1. The molecule has 114 valence electrons. The molecule has 0 heterocycles. The van der Waals surface area contributed by atoms with Crippen molar-refractivity contribution in [3.05, 3.63) is 23.8 Å². The number of hydrogen-bond acceptors (Lipinski definition) is 4. The lowest BCUT2D eigenvalue weighted by Gasteiger charge is -2.13. The van der Waals surface area contributed by atoms with Crippen LogP contribution in [-0.2, 0) is 11.3 Å². The van der Waals surface area contributed by atoms with Crippen LogP contribution < -0.4 is 14.8 Å². The minimum absolute atomic E-state index is 0.773. The molecule has 0 aliphatic rings. The van der Waals surface area contributed by atoms with Gasteiger partial charge in [0.25, 0.3) is 0 Å². The van der Waals surface area contributed by atoms with Crippen LogP contribution in [0.2, 0.25) is 0 Å². The Morgan fingerprint density at radius 3 is 2.55 bits per heavy atom. The van der Waals surface area contributed by atoms with Gasteiger partial charge in [0.2, 0.25) is 0 Å². The molecule has 1 aromatic carbocycles. The number of benzene rings is 1. The highest BCUT2D eigenvalue weighted by atomic mass is 16.5. The van der Waals surface area contributed by atoms with Gasteiger partial charge in [-0.2, -0.15) is 0 Å². The van der Waals surface area contributed by atoms with Gasteiger partial charge in [-0.25, -0.2) is 0 Å². The van der Waals surface area contributed by atoms with Crippen molar-refractivity contribution in [2.75, 3.05) is 34.0 Å². The molecule has 1 rings (SSSR count). The average Bonchev–Trinajstić information content (AvgIpc) is 2.49. The molecule has 0 aliphatic carbocycles. The Hall–Kier alpha value is -1.26. The zero-order valence-corrected chi connectivity index (χ0v) is 12.9. The van der Waals surface area contributed by atoms with E-state index >= 15 is 0 Å². The van der Waals surface area contributed by atoms with Crippen molar-refractivity contribution < 1.29 is 14.2 Å². The van der Waals surface area contributed by atoms with Crippen molar-refractivity contribution in [2.45, 2.75) is 32.7 Å². The average molecular weight is 281 g/mol. The molecule has 0 aromatic heterocycles. The van der Waals surface area contributed by atoms with E-state index in [1.54, 1.807) is 14.2 Å². The summed E-state index contributed by atoms with van der Waals surface area (Å²) < 4.78 is 16.2. The zero-order valence-electron chi connectivity index (χ0n) is 12.9. The summed E-state index contributed by atoms with van der Waals surface area (Å²) in [6.07, 6.45) is 3.36. The van der Waals surface area contributed by atoms with E-state index in [0.717, 1.165) is 56.2 Å². The molecule has 0 atom stereocenters. The first-order valence-corrected chi connectivity index (χ1v) is 7.31. The maximum absolute atomic E-state index is 5.52. The smallest absolute Gasteiger partial charge is 0.165 e. The number of para-hydroxylation sites is 1. The molecule has 0 bridgehead atoms. The predicted molar refractivity (Wildman–Crippen MR) is 81.6 cm³/mol. The van der Waals surface area contributed by atoms with Gasteiger partial charge in [-0.15, -0.1) is 0 Å². The third-order valence-electron chi connectivity index (χ3n) is 3.08. The first-order valence-electron chi connectivity index (χ1n) is 7.31. The summed E-state index contributed by atoms with van der Waals surface area (Å²) in [7, 11) is 3.33. The lowest BCUT2D eigenvalue weighted by atomic mass is 10.2. The van der Waals surface area contributed by atoms with Crippen LogP contribution >= 0.6 is 0 Å². The predicted octanol–water partition coefficient (Wildman–Crippen LogP) is 3.00. The molecule has 1 aromatic rings. The molecule has 0 amide bonds. The van der Waals surface area contributed by atoms with E-state index in [2.05, 4.69) is 12.2 Å². The fraction of sp³-hybridized carbons (Fsp3) is 0.625. The van der Waals surface area contributed by atoms with Crippen LogP contribution in [0.25, 0.3) is 0 Å². The number of ether oxygens (including phenoxy) is 3. The molecule has 0 radical (unpaired) electrons. The van der Waals surface area contributed by atoms with Gasteiger partial charge in [0.1, 0.15) is 0 Å². The minimum atomic E-state index is 0.773. The van der Waals surface area contributed by atoms with Crippen LogP contribution in [0.5, 0.6) is 11.5 Å². The van der Waals surface area contributed by atoms with E-state index < -0.39 is 0 Å². The van der Waals surface area contributed by atoms with Gasteiger partial charge in [0.05, 0.1) is 14.2 Å². The standard InChI is InChI=1S/C16H27NO3/c1-4-5-11-20-12-7-10-17-13-14-8-6-9-15(18-2)16(14)19-3/h6,8-9,17H,4-5,7,10-13H2,1-3H3. The van der Waals surface area contributed by atoms with E-state index in [1.807, 2.05) is 18.2 Å². The summed E-state index contributed by atoms with van der Waals surface area (Å²) in [6, 6.07) is 5.93. The van der Waals surface area contributed by atoms with Crippen molar-refractivity contribution >= 4 is 0 Å². The van der Waals surface area contributed by atoms with E-state index in [1.165, 1.54) is 6.42 Å². The maximum Gasteiger partial charge on any atom is 0.165 e.